The zero-order valence-corrected chi connectivity index (χ0v) is 16.4. The predicted octanol–water partition coefficient (Wildman–Crippen LogP) is 3.59. The van der Waals surface area contributed by atoms with Gasteiger partial charge in [0.1, 0.15) is 17.3 Å². The Morgan fingerprint density at radius 2 is 1.93 bits per heavy atom. The Morgan fingerprint density at radius 3 is 2.80 bits per heavy atom. The molecule has 0 unspecified atom stereocenters. The number of H-pyrrole nitrogens is 1. The topological polar surface area (TPSA) is 99.9 Å². The normalized spacial score (nSPS) is 14.2. The zero-order chi connectivity index (χ0) is 20.5. The Kier molecular flexibility index (Phi) is 4.65. The molecule has 3 aromatic heterocycles. The van der Waals surface area contributed by atoms with Gasteiger partial charge in [-0.2, -0.15) is 0 Å². The van der Waals surface area contributed by atoms with Crippen molar-refractivity contribution >= 4 is 28.3 Å². The lowest BCUT2D eigenvalue weighted by Gasteiger charge is -2.28. The first-order chi connectivity index (χ1) is 14.7. The summed E-state index contributed by atoms with van der Waals surface area (Å²) in [7, 11) is 0. The maximum atomic E-state index is 13.3. The number of ketones is 1. The third kappa shape index (κ3) is 3.29. The van der Waals surface area contributed by atoms with E-state index in [-0.39, 0.29) is 15.9 Å². The van der Waals surface area contributed by atoms with Crippen molar-refractivity contribution in [1.82, 2.24) is 20.3 Å². The minimum atomic E-state index is -0.223. The van der Waals surface area contributed by atoms with Gasteiger partial charge in [-0.25, -0.2) is 9.97 Å². The Morgan fingerprint density at radius 1 is 1.10 bits per heavy atom. The van der Waals surface area contributed by atoms with E-state index in [0.717, 1.165) is 54.0 Å². The van der Waals surface area contributed by atoms with Crippen molar-refractivity contribution in [2.75, 3.05) is 36.8 Å². The molecule has 0 atom stereocenters. The summed E-state index contributed by atoms with van der Waals surface area (Å²) in [6.45, 7) is 3.54. The predicted molar refractivity (Wildman–Crippen MR) is 125 cm³/mol. The number of rotatable bonds is 4. The second kappa shape index (κ2) is 7.61. The van der Waals surface area contributed by atoms with E-state index in [9.17, 15) is 4.79 Å². The fraction of sp³-hybridized carbons (Fsp3) is 0.174. The summed E-state index contributed by atoms with van der Waals surface area (Å²) in [6.07, 6.45) is 3.63. The van der Waals surface area contributed by atoms with Crippen molar-refractivity contribution in [3.63, 3.8) is 0 Å². The zero-order valence-electron chi connectivity index (χ0n) is 16.4. The number of hydrogen-bond acceptors (Lipinski definition) is 6. The van der Waals surface area contributed by atoms with Crippen LogP contribution in [0.25, 0.3) is 22.0 Å². The summed E-state index contributed by atoms with van der Waals surface area (Å²) in [5.74, 6) is 0.790. The average Bonchev–Trinajstić information content (AvgIpc) is 3.24. The Labute approximate surface area is 178 Å². The first-order valence-corrected chi connectivity index (χ1v) is 10.00. The maximum Gasteiger partial charge on any atom is 0.215 e. The van der Waals surface area contributed by atoms with Gasteiger partial charge in [0.05, 0.1) is 5.56 Å². The van der Waals surface area contributed by atoms with Crippen LogP contribution in [0.5, 0.6) is 0 Å². The van der Waals surface area contributed by atoms with Crippen molar-refractivity contribution < 1.29 is 9.07 Å². The molecule has 4 heterocycles. The van der Waals surface area contributed by atoms with E-state index in [1.807, 2.05) is 42.6 Å². The molecule has 4 aromatic rings. The summed E-state index contributed by atoms with van der Waals surface area (Å²) >= 11 is 0. The van der Waals surface area contributed by atoms with E-state index < -0.39 is 0 Å². The van der Waals surface area contributed by atoms with Crippen LogP contribution in [-0.4, -0.2) is 46.9 Å². The Balaban J connectivity index is 0.00000128. The van der Waals surface area contributed by atoms with Gasteiger partial charge in [0.25, 0.3) is 0 Å². The molecule has 1 aromatic carbocycles. The van der Waals surface area contributed by atoms with Crippen LogP contribution in [0.4, 0.5) is 11.6 Å². The molecule has 1 saturated heterocycles. The Hall–Kier alpha value is -3.71. The van der Waals surface area contributed by atoms with Crippen LogP contribution in [0.15, 0.2) is 60.9 Å². The van der Waals surface area contributed by atoms with Crippen molar-refractivity contribution in [2.24, 2.45) is 0 Å². The molecule has 0 amide bonds. The van der Waals surface area contributed by atoms with Gasteiger partial charge < -0.3 is 20.9 Å². The first-order valence-electron chi connectivity index (χ1n) is 10.00. The van der Waals surface area contributed by atoms with Gasteiger partial charge in [-0.05, 0) is 24.3 Å². The van der Waals surface area contributed by atoms with Gasteiger partial charge in [-0.1, -0.05) is 24.3 Å². The van der Waals surface area contributed by atoms with Crippen molar-refractivity contribution in [3.05, 3.63) is 72.2 Å². The molecule has 156 valence electrons. The summed E-state index contributed by atoms with van der Waals surface area (Å²) in [6, 6.07) is 15.4. The summed E-state index contributed by atoms with van der Waals surface area (Å²) < 4.78 is 0. The lowest BCUT2D eigenvalue weighted by molar-refractivity contribution is 0.103. The molecule has 5 rings (SSSR count). The number of fused-ring (bicyclic) bond motifs is 1. The van der Waals surface area contributed by atoms with Gasteiger partial charge >= 0.3 is 0 Å². The summed E-state index contributed by atoms with van der Waals surface area (Å²) in [5, 5.41) is 4.39. The number of benzene rings is 1. The molecule has 1 aliphatic heterocycles. The number of piperazine rings is 1. The summed E-state index contributed by atoms with van der Waals surface area (Å²) in [5.41, 5.74) is 9.67. The fourth-order valence-corrected chi connectivity index (χ4v) is 3.87. The van der Waals surface area contributed by atoms with E-state index in [2.05, 4.69) is 25.2 Å². The molecular weight excluding hydrogens is 376 g/mol. The summed E-state index contributed by atoms with van der Waals surface area (Å²) in [4.78, 5) is 27.6. The van der Waals surface area contributed by atoms with E-state index >= 15 is 0 Å². The lowest BCUT2D eigenvalue weighted by Crippen LogP contribution is -2.44. The van der Waals surface area contributed by atoms with Crippen molar-refractivity contribution in [1.29, 1.82) is 0 Å². The monoisotopic (exact) mass is 404 g/mol. The van der Waals surface area contributed by atoms with Gasteiger partial charge in [0.15, 0.2) is 0 Å². The Bertz CT molecular complexity index is 1240. The minimum Gasteiger partial charge on any atom is -0.383 e. The third-order valence-electron chi connectivity index (χ3n) is 5.47. The van der Waals surface area contributed by atoms with Gasteiger partial charge in [-0.3, -0.25) is 4.79 Å². The van der Waals surface area contributed by atoms with Crippen LogP contribution >= 0.6 is 0 Å². The third-order valence-corrected chi connectivity index (χ3v) is 5.47. The number of anilines is 2. The number of aromatic amines is 1. The molecule has 7 nitrogen and oxygen atoms in total. The van der Waals surface area contributed by atoms with E-state index in [1.54, 1.807) is 18.3 Å². The van der Waals surface area contributed by atoms with E-state index in [4.69, 9.17) is 5.73 Å². The highest BCUT2D eigenvalue weighted by atomic mass is 16.1. The van der Waals surface area contributed by atoms with Gasteiger partial charge in [0, 0.05) is 64.9 Å². The number of aromatic nitrogens is 3. The second-order valence-corrected chi connectivity index (χ2v) is 7.35. The number of hydrogen-bond donors (Lipinski definition) is 3. The number of nitrogen functional groups attached to an aromatic ring is 1. The SMILES string of the molecule is Nc1ncc(-c2c[nH]c3ccccc23)cc1C(=O)c1cccc(N2CCNCC2)n1.[HH].[HH].[HH]. The fourth-order valence-electron chi connectivity index (χ4n) is 3.87. The average molecular weight is 405 g/mol. The van der Waals surface area contributed by atoms with Crippen molar-refractivity contribution in [3.8, 4) is 11.1 Å². The molecule has 0 bridgehead atoms. The number of carbonyl (C=O) groups is 1. The number of nitrogens with two attached hydrogens (primary N) is 1. The molecule has 7 heteroatoms. The largest absolute Gasteiger partial charge is 0.383 e. The number of nitrogens with zero attached hydrogens (tertiary/aromatic N) is 3. The highest BCUT2D eigenvalue weighted by Crippen LogP contribution is 2.30. The molecule has 1 aliphatic rings. The van der Waals surface area contributed by atoms with E-state index in [1.165, 1.54) is 0 Å². The molecule has 0 aliphatic carbocycles. The van der Waals surface area contributed by atoms with Gasteiger partial charge in [0.2, 0.25) is 5.78 Å². The quantitative estimate of drug-likeness (QED) is 0.450. The molecule has 30 heavy (non-hydrogen) atoms. The van der Waals surface area contributed by atoms with E-state index in [0.29, 0.717) is 11.3 Å². The first kappa shape index (κ1) is 18.3. The van der Waals surface area contributed by atoms with Crippen LogP contribution < -0.4 is 16.0 Å². The van der Waals surface area contributed by atoms with Crippen LogP contribution in [0.3, 0.4) is 0 Å². The number of carbonyl (C=O) groups excluding carboxylic acids is 1. The maximum absolute atomic E-state index is 13.3. The second-order valence-electron chi connectivity index (χ2n) is 7.35. The molecule has 4 N–H and O–H groups in total. The smallest absolute Gasteiger partial charge is 0.215 e. The molecule has 1 fully saturated rings. The minimum absolute atomic E-state index is 0. The molecule has 0 saturated carbocycles. The van der Waals surface area contributed by atoms with Crippen LogP contribution in [0.2, 0.25) is 0 Å². The number of nitrogens with one attached hydrogen (secondary N) is 2. The molecular formula is C23H28N6O. The van der Waals surface area contributed by atoms with Crippen LogP contribution in [-0.2, 0) is 0 Å². The highest BCUT2D eigenvalue weighted by Gasteiger charge is 2.19. The standard InChI is InChI=1S/C23H22N6O.3H2/c24-23-17(12-15(13-27-23)18-14-26-19-5-2-1-4-16(18)19)22(30)20-6-3-7-21(28-20)29-10-8-25-9-11-29;;;/h1-7,12-14,25-26H,8-11H2,(H2,24,27);3*1H. The van der Waals surface area contributed by atoms with Gasteiger partial charge in [-0.15, -0.1) is 0 Å². The van der Waals surface area contributed by atoms with Crippen LogP contribution in [0.1, 0.15) is 20.3 Å². The molecule has 0 spiro atoms. The number of pyridine rings is 2. The number of para-hydroxylation sites is 1. The molecule has 0 radical (unpaired) electrons. The van der Waals surface area contributed by atoms with Crippen LogP contribution in [0, 0.1) is 0 Å². The lowest BCUT2D eigenvalue weighted by atomic mass is 10.0. The van der Waals surface area contributed by atoms with Crippen molar-refractivity contribution in [2.45, 2.75) is 0 Å². The highest BCUT2D eigenvalue weighted by molar-refractivity contribution is 6.11.